The average Bonchev–Trinajstić information content (AvgIpc) is 2.86. The second-order valence-electron chi connectivity index (χ2n) is 11.8. The summed E-state index contributed by atoms with van der Waals surface area (Å²) >= 11 is 0. The molecule has 0 bridgehead atoms. The van der Waals surface area contributed by atoms with Crippen molar-refractivity contribution < 1.29 is 19.1 Å². The van der Waals surface area contributed by atoms with Gasteiger partial charge in [-0.15, -0.1) is 0 Å². The second kappa shape index (κ2) is 14.9. The van der Waals surface area contributed by atoms with Gasteiger partial charge in [0.1, 0.15) is 17.7 Å². The lowest BCUT2D eigenvalue weighted by Gasteiger charge is -2.39. The van der Waals surface area contributed by atoms with Crippen molar-refractivity contribution in [3.8, 4) is 0 Å². The van der Waals surface area contributed by atoms with E-state index in [1.54, 1.807) is 25.7 Å². The Morgan fingerprint density at radius 3 is 2.02 bits per heavy atom. The zero-order valence-electron chi connectivity index (χ0n) is 25.8. The van der Waals surface area contributed by atoms with Gasteiger partial charge in [0, 0.05) is 18.5 Å². The van der Waals surface area contributed by atoms with Crippen molar-refractivity contribution in [3.63, 3.8) is 0 Å². The number of rotatable bonds is 12. The number of nitrogens with one attached hydrogen (secondary N) is 2. The molecule has 0 fully saturated rings. The summed E-state index contributed by atoms with van der Waals surface area (Å²) in [4.78, 5) is 43.3. The summed E-state index contributed by atoms with van der Waals surface area (Å²) < 4.78 is 5.53. The molecule has 220 valence electrons. The minimum atomic E-state index is -0.932. The molecular weight excluding hydrogens is 502 g/mol. The standard InChI is InChI=1S/C33H49N3O4/c1-10-16-24(5)34-30(37)29(28-22(3)17-15-18-23(28)4)36(25(6)11-2)31(38)27(21-26-19-13-12-14-20-26)35-32(39)40-33(7,8)9/h12-15,17-20,24-25,27,29H,10-11,16,21H2,1-9H3,(H,34,37)(H,35,39). The molecule has 0 aromatic heterocycles. The summed E-state index contributed by atoms with van der Waals surface area (Å²) in [6.45, 7) is 17.3. The highest BCUT2D eigenvalue weighted by atomic mass is 16.6. The Bertz CT molecular complexity index is 1110. The molecule has 7 heteroatoms. The summed E-state index contributed by atoms with van der Waals surface area (Å²) in [6, 6.07) is 13.3. The van der Waals surface area contributed by atoms with E-state index in [2.05, 4.69) is 17.6 Å². The minimum absolute atomic E-state index is 0.0433. The quantitative estimate of drug-likeness (QED) is 0.319. The molecule has 0 aliphatic heterocycles. The second-order valence-corrected chi connectivity index (χ2v) is 11.8. The molecule has 2 aromatic carbocycles. The predicted octanol–water partition coefficient (Wildman–Crippen LogP) is 6.41. The molecule has 0 radical (unpaired) electrons. The number of aryl methyl sites for hydroxylation is 2. The van der Waals surface area contributed by atoms with Gasteiger partial charge in [0.25, 0.3) is 0 Å². The maximum Gasteiger partial charge on any atom is 0.408 e. The number of carbonyl (C=O) groups excluding carboxylic acids is 3. The van der Waals surface area contributed by atoms with Gasteiger partial charge in [-0.1, -0.05) is 68.8 Å². The molecule has 0 aliphatic rings. The van der Waals surface area contributed by atoms with E-state index in [-0.39, 0.29) is 30.3 Å². The number of hydrogen-bond donors (Lipinski definition) is 2. The van der Waals surface area contributed by atoms with E-state index < -0.39 is 23.8 Å². The number of carbonyl (C=O) groups is 3. The van der Waals surface area contributed by atoms with Crippen LogP contribution in [-0.2, 0) is 20.7 Å². The summed E-state index contributed by atoms with van der Waals surface area (Å²) in [6.07, 6.45) is 1.99. The zero-order chi connectivity index (χ0) is 30.0. The zero-order valence-corrected chi connectivity index (χ0v) is 25.8. The van der Waals surface area contributed by atoms with Gasteiger partial charge in [0.2, 0.25) is 11.8 Å². The van der Waals surface area contributed by atoms with Crippen molar-refractivity contribution in [2.75, 3.05) is 0 Å². The Morgan fingerprint density at radius 1 is 0.900 bits per heavy atom. The van der Waals surface area contributed by atoms with Crippen molar-refractivity contribution in [3.05, 3.63) is 70.8 Å². The lowest BCUT2D eigenvalue weighted by Crippen LogP contribution is -2.56. The van der Waals surface area contributed by atoms with Crippen LogP contribution in [-0.4, -0.2) is 46.5 Å². The Hall–Kier alpha value is -3.35. The van der Waals surface area contributed by atoms with Crippen molar-refractivity contribution in [2.24, 2.45) is 0 Å². The topological polar surface area (TPSA) is 87.7 Å². The van der Waals surface area contributed by atoms with E-state index in [9.17, 15) is 14.4 Å². The number of alkyl carbamates (subject to hydrolysis) is 1. The highest BCUT2D eigenvalue weighted by molar-refractivity contribution is 5.93. The lowest BCUT2D eigenvalue weighted by atomic mass is 9.91. The van der Waals surface area contributed by atoms with Crippen LogP contribution < -0.4 is 10.6 Å². The molecule has 0 spiro atoms. The number of hydrogen-bond acceptors (Lipinski definition) is 4. The third kappa shape index (κ3) is 9.39. The molecule has 0 heterocycles. The van der Waals surface area contributed by atoms with Gasteiger partial charge in [0.05, 0.1) is 0 Å². The molecular formula is C33H49N3O4. The van der Waals surface area contributed by atoms with Crippen molar-refractivity contribution in [1.29, 1.82) is 0 Å². The van der Waals surface area contributed by atoms with E-state index in [1.807, 2.05) is 83.1 Å². The van der Waals surface area contributed by atoms with Gasteiger partial charge in [-0.05, 0) is 83.6 Å². The first-order chi connectivity index (χ1) is 18.8. The Labute approximate surface area is 241 Å². The van der Waals surface area contributed by atoms with Crippen molar-refractivity contribution in [1.82, 2.24) is 15.5 Å². The fourth-order valence-electron chi connectivity index (χ4n) is 4.96. The van der Waals surface area contributed by atoms with E-state index in [0.717, 1.165) is 35.1 Å². The van der Waals surface area contributed by atoms with Crippen LogP contribution in [0.5, 0.6) is 0 Å². The highest BCUT2D eigenvalue weighted by Gasteiger charge is 2.40. The first kappa shape index (κ1) is 32.9. The maximum absolute atomic E-state index is 14.6. The van der Waals surface area contributed by atoms with E-state index in [4.69, 9.17) is 4.74 Å². The molecule has 7 nitrogen and oxygen atoms in total. The van der Waals surface area contributed by atoms with Gasteiger partial charge in [0.15, 0.2) is 0 Å². The third-order valence-corrected chi connectivity index (χ3v) is 7.04. The molecule has 4 atom stereocenters. The first-order valence-corrected chi connectivity index (χ1v) is 14.5. The smallest absolute Gasteiger partial charge is 0.408 e. The van der Waals surface area contributed by atoms with Crippen molar-refractivity contribution >= 4 is 17.9 Å². The third-order valence-electron chi connectivity index (χ3n) is 7.04. The van der Waals surface area contributed by atoms with Gasteiger partial charge in [-0.25, -0.2) is 4.79 Å². The van der Waals surface area contributed by atoms with Gasteiger partial charge in [-0.3, -0.25) is 9.59 Å². The fourth-order valence-corrected chi connectivity index (χ4v) is 4.96. The number of benzene rings is 2. The Morgan fingerprint density at radius 2 is 1.50 bits per heavy atom. The molecule has 0 aliphatic carbocycles. The van der Waals surface area contributed by atoms with E-state index in [1.165, 1.54) is 0 Å². The molecule has 0 saturated heterocycles. The predicted molar refractivity (Wildman–Crippen MR) is 161 cm³/mol. The number of nitrogens with zero attached hydrogens (tertiary/aromatic N) is 1. The van der Waals surface area contributed by atoms with Crippen LogP contribution in [0.15, 0.2) is 48.5 Å². The average molecular weight is 552 g/mol. The molecule has 0 saturated carbocycles. The van der Waals surface area contributed by atoms with E-state index >= 15 is 0 Å². The van der Waals surface area contributed by atoms with Crippen molar-refractivity contribution in [2.45, 2.75) is 118 Å². The monoisotopic (exact) mass is 551 g/mol. The van der Waals surface area contributed by atoms with Gasteiger partial charge < -0.3 is 20.3 Å². The summed E-state index contributed by atoms with van der Waals surface area (Å²) in [5.74, 6) is -0.544. The molecule has 2 N–H and O–H groups in total. The maximum atomic E-state index is 14.6. The first-order valence-electron chi connectivity index (χ1n) is 14.5. The lowest BCUT2D eigenvalue weighted by molar-refractivity contribution is -0.145. The van der Waals surface area contributed by atoms with Crippen LogP contribution in [0.25, 0.3) is 0 Å². The number of amides is 3. The summed E-state index contributed by atoms with van der Waals surface area (Å²) in [5, 5.41) is 6.00. The normalized spacial score (nSPS) is 14.4. The highest BCUT2D eigenvalue weighted by Crippen LogP contribution is 2.31. The molecule has 40 heavy (non-hydrogen) atoms. The largest absolute Gasteiger partial charge is 0.444 e. The summed E-state index contributed by atoms with van der Waals surface area (Å²) in [5.41, 5.74) is 2.85. The molecule has 2 aromatic rings. The molecule has 3 amide bonds. The van der Waals surface area contributed by atoms with Crippen LogP contribution in [0.2, 0.25) is 0 Å². The Kier molecular flexibility index (Phi) is 12.2. The van der Waals surface area contributed by atoms with Gasteiger partial charge in [-0.2, -0.15) is 0 Å². The van der Waals surface area contributed by atoms with Crippen LogP contribution in [0.1, 0.15) is 96.0 Å². The number of ether oxygens (including phenoxy) is 1. The van der Waals surface area contributed by atoms with E-state index in [0.29, 0.717) is 6.42 Å². The van der Waals surface area contributed by atoms with Crippen LogP contribution >= 0.6 is 0 Å². The van der Waals surface area contributed by atoms with Crippen LogP contribution in [0.3, 0.4) is 0 Å². The summed E-state index contributed by atoms with van der Waals surface area (Å²) in [7, 11) is 0. The Balaban J connectivity index is 2.65. The van der Waals surface area contributed by atoms with Gasteiger partial charge >= 0.3 is 6.09 Å². The molecule has 2 rings (SSSR count). The SMILES string of the molecule is CCCC(C)NC(=O)C(c1c(C)cccc1C)N(C(=O)C(Cc1ccccc1)NC(=O)OC(C)(C)C)C(C)CC. The minimum Gasteiger partial charge on any atom is -0.444 e. The molecule has 4 unspecified atom stereocenters. The van der Waals surface area contributed by atoms with Crippen LogP contribution in [0, 0.1) is 13.8 Å². The van der Waals surface area contributed by atoms with Crippen LogP contribution in [0.4, 0.5) is 4.79 Å². The fraction of sp³-hybridized carbons (Fsp3) is 0.545.